The third-order valence-corrected chi connectivity index (χ3v) is 1.39. The van der Waals surface area contributed by atoms with Crippen molar-refractivity contribution in [1.29, 1.82) is 0 Å². The van der Waals surface area contributed by atoms with Crippen LogP contribution in [0.2, 0.25) is 0 Å². The van der Waals surface area contributed by atoms with Crippen LogP contribution >= 0.6 is 0 Å². The van der Waals surface area contributed by atoms with Gasteiger partial charge in [0.2, 0.25) is 0 Å². The zero-order valence-electron chi connectivity index (χ0n) is 7.16. The van der Waals surface area contributed by atoms with Gasteiger partial charge in [-0.3, -0.25) is 0 Å². The van der Waals surface area contributed by atoms with E-state index >= 15 is 0 Å². The zero-order valence-corrected chi connectivity index (χ0v) is 7.16. The summed E-state index contributed by atoms with van der Waals surface area (Å²) >= 11 is 0. The lowest BCUT2D eigenvalue weighted by Crippen LogP contribution is -2.04. The lowest BCUT2D eigenvalue weighted by molar-refractivity contribution is 0.312. The van der Waals surface area contributed by atoms with Gasteiger partial charge in [0.25, 0.3) is 0 Å². The normalized spacial score (nSPS) is 9.83. The molecule has 0 saturated carbocycles. The maximum Gasteiger partial charge on any atom is 0.316 e. The molecule has 0 atom stereocenters. The second kappa shape index (κ2) is 4.66. The van der Waals surface area contributed by atoms with E-state index in [9.17, 15) is 0 Å². The van der Waals surface area contributed by atoms with Crippen LogP contribution in [0.15, 0.2) is 12.4 Å². The summed E-state index contributed by atoms with van der Waals surface area (Å²) < 4.78 is 5.09. The number of hydrogen-bond donors (Lipinski definition) is 1. The Bertz CT molecular complexity index is 197. The van der Waals surface area contributed by atoms with Crippen molar-refractivity contribution in [3.63, 3.8) is 0 Å². The van der Waals surface area contributed by atoms with Crippen LogP contribution in [0.5, 0.6) is 6.01 Å². The highest BCUT2D eigenvalue weighted by molar-refractivity contribution is 5.07. The third kappa shape index (κ3) is 2.47. The predicted molar refractivity (Wildman–Crippen MR) is 46.0 cm³/mol. The molecule has 12 heavy (non-hydrogen) atoms. The first-order valence-corrected chi connectivity index (χ1v) is 4.00. The van der Waals surface area contributed by atoms with E-state index in [4.69, 9.17) is 10.5 Å². The molecule has 1 rings (SSSR count). The fourth-order valence-corrected chi connectivity index (χ4v) is 0.842. The van der Waals surface area contributed by atoms with Gasteiger partial charge in [0.15, 0.2) is 0 Å². The van der Waals surface area contributed by atoms with Gasteiger partial charge in [-0.05, 0) is 25.5 Å². The summed E-state index contributed by atoms with van der Waals surface area (Å²) in [5, 5.41) is 0. The van der Waals surface area contributed by atoms with E-state index in [1.165, 1.54) is 0 Å². The van der Waals surface area contributed by atoms with Crippen molar-refractivity contribution in [2.45, 2.75) is 13.3 Å². The molecule has 0 fully saturated rings. The summed E-state index contributed by atoms with van der Waals surface area (Å²) in [4.78, 5) is 8.00. The first-order valence-electron chi connectivity index (χ1n) is 4.00. The van der Waals surface area contributed by atoms with Crippen molar-refractivity contribution >= 4 is 0 Å². The molecular formula is C8H13N3O. The molecule has 2 N–H and O–H groups in total. The molecule has 1 aromatic heterocycles. The quantitative estimate of drug-likeness (QED) is 0.704. The Morgan fingerprint density at radius 3 is 2.58 bits per heavy atom. The Balaban J connectivity index is 2.58. The summed E-state index contributed by atoms with van der Waals surface area (Å²) in [6.07, 6.45) is 4.29. The lowest BCUT2D eigenvalue weighted by Gasteiger charge is -2.00. The van der Waals surface area contributed by atoms with Crippen LogP contribution in [-0.4, -0.2) is 23.1 Å². The summed E-state index contributed by atoms with van der Waals surface area (Å²) in [6.45, 7) is 3.12. The van der Waals surface area contributed by atoms with Crippen LogP contribution in [0.3, 0.4) is 0 Å². The maximum absolute atomic E-state index is 5.37. The zero-order chi connectivity index (χ0) is 8.81. The molecular weight excluding hydrogens is 154 g/mol. The molecule has 66 valence electrons. The van der Waals surface area contributed by atoms with Crippen molar-refractivity contribution in [2.75, 3.05) is 13.2 Å². The van der Waals surface area contributed by atoms with Crippen molar-refractivity contribution < 1.29 is 4.74 Å². The van der Waals surface area contributed by atoms with Gasteiger partial charge in [0, 0.05) is 12.4 Å². The molecule has 0 unspecified atom stereocenters. The third-order valence-electron chi connectivity index (χ3n) is 1.39. The van der Waals surface area contributed by atoms with E-state index in [-0.39, 0.29) is 0 Å². The molecule has 0 saturated heterocycles. The highest BCUT2D eigenvalue weighted by Gasteiger charge is 1.95. The van der Waals surface area contributed by atoms with E-state index in [2.05, 4.69) is 9.97 Å². The van der Waals surface area contributed by atoms with E-state index in [1.807, 2.05) is 6.92 Å². The minimum absolute atomic E-state index is 0.429. The van der Waals surface area contributed by atoms with Gasteiger partial charge in [0.1, 0.15) is 0 Å². The molecule has 0 aliphatic carbocycles. The second-order valence-electron chi connectivity index (χ2n) is 2.35. The van der Waals surface area contributed by atoms with Gasteiger partial charge in [-0.15, -0.1) is 0 Å². The lowest BCUT2D eigenvalue weighted by atomic mass is 10.2. The Hall–Kier alpha value is -1.16. The molecule has 1 heterocycles. The average Bonchev–Trinajstić information content (AvgIpc) is 2.09. The Labute approximate surface area is 71.8 Å². The second-order valence-corrected chi connectivity index (χ2v) is 2.35. The molecule has 0 spiro atoms. The molecule has 0 amide bonds. The van der Waals surface area contributed by atoms with Crippen LogP contribution in [-0.2, 0) is 6.42 Å². The molecule has 0 bridgehead atoms. The molecule has 0 aliphatic rings. The standard InChI is InChI=1S/C8H13N3O/c1-2-12-8-10-5-7(3-4-9)6-11-8/h5-6H,2-4,9H2,1H3. The van der Waals surface area contributed by atoms with Crippen molar-refractivity contribution in [2.24, 2.45) is 5.73 Å². The number of aromatic nitrogens is 2. The summed E-state index contributed by atoms with van der Waals surface area (Å²) in [7, 11) is 0. The summed E-state index contributed by atoms with van der Waals surface area (Å²) in [6, 6.07) is 0.429. The number of hydrogen-bond acceptors (Lipinski definition) is 4. The van der Waals surface area contributed by atoms with Gasteiger partial charge in [-0.2, -0.15) is 0 Å². The van der Waals surface area contributed by atoms with Crippen LogP contribution in [0.4, 0.5) is 0 Å². The number of nitrogens with two attached hydrogens (primary N) is 1. The molecule has 0 radical (unpaired) electrons. The maximum atomic E-state index is 5.37. The van der Waals surface area contributed by atoms with Gasteiger partial charge in [-0.25, -0.2) is 9.97 Å². The Kier molecular flexibility index (Phi) is 3.47. The van der Waals surface area contributed by atoms with Crippen LogP contribution in [0.25, 0.3) is 0 Å². The average molecular weight is 167 g/mol. The van der Waals surface area contributed by atoms with Crippen LogP contribution in [0.1, 0.15) is 12.5 Å². The number of ether oxygens (including phenoxy) is 1. The van der Waals surface area contributed by atoms with Crippen LogP contribution < -0.4 is 10.5 Å². The van der Waals surface area contributed by atoms with Gasteiger partial charge >= 0.3 is 6.01 Å². The monoisotopic (exact) mass is 167 g/mol. The number of rotatable bonds is 4. The SMILES string of the molecule is CCOc1ncc(CCN)cn1. The minimum atomic E-state index is 0.429. The fraction of sp³-hybridized carbons (Fsp3) is 0.500. The molecule has 4 nitrogen and oxygen atoms in total. The van der Waals surface area contributed by atoms with Gasteiger partial charge < -0.3 is 10.5 Å². The highest BCUT2D eigenvalue weighted by atomic mass is 16.5. The van der Waals surface area contributed by atoms with Crippen molar-refractivity contribution in [3.05, 3.63) is 18.0 Å². The van der Waals surface area contributed by atoms with Crippen LogP contribution in [0, 0.1) is 0 Å². The predicted octanol–water partition coefficient (Wildman–Crippen LogP) is 0.376. The Morgan fingerprint density at radius 2 is 2.08 bits per heavy atom. The van der Waals surface area contributed by atoms with E-state index in [0.29, 0.717) is 19.2 Å². The molecule has 1 aromatic rings. The summed E-state index contributed by atoms with van der Waals surface area (Å²) in [5.74, 6) is 0. The Morgan fingerprint density at radius 1 is 1.42 bits per heavy atom. The molecule has 4 heteroatoms. The fourth-order valence-electron chi connectivity index (χ4n) is 0.842. The smallest absolute Gasteiger partial charge is 0.316 e. The largest absolute Gasteiger partial charge is 0.464 e. The summed E-state index contributed by atoms with van der Waals surface area (Å²) in [5.41, 5.74) is 6.41. The van der Waals surface area contributed by atoms with Crippen molar-refractivity contribution in [1.82, 2.24) is 9.97 Å². The van der Waals surface area contributed by atoms with Gasteiger partial charge in [0.05, 0.1) is 6.61 Å². The van der Waals surface area contributed by atoms with E-state index in [0.717, 1.165) is 12.0 Å². The van der Waals surface area contributed by atoms with Crippen molar-refractivity contribution in [3.8, 4) is 6.01 Å². The van der Waals surface area contributed by atoms with E-state index in [1.54, 1.807) is 12.4 Å². The molecule has 0 aliphatic heterocycles. The molecule has 0 aromatic carbocycles. The topological polar surface area (TPSA) is 61.0 Å². The minimum Gasteiger partial charge on any atom is -0.464 e. The van der Waals surface area contributed by atoms with Gasteiger partial charge in [-0.1, -0.05) is 0 Å². The highest BCUT2D eigenvalue weighted by Crippen LogP contribution is 2.02. The first-order chi connectivity index (χ1) is 5.86. The first kappa shape index (κ1) is 8.93. The number of nitrogens with zero attached hydrogens (tertiary/aromatic N) is 2. The van der Waals surface area contributed by atoms with E-state index < -0.39 is 0 Å².